The van der Waals surface area contributed by atoms with Crippen molar-refractivity contribution in [1.29, 1.82) is 0 Å². The lowest BCUT2D eigenvalue weighted by molar-refractivity contribution is 0.0313. The molecule has 0 spiro atoms. The number of rotatable bonds is 10. The lowest BCUT2D eigenvalue weighted by Crippen LogP contribution is -2.27. The maximum Gasteiger partial charge on any atom is 0.106 e. The van der Waals surface area contributed by atoms with Crippen LogP contribution in [0.1, 0.15) is 51.4 Å². The van der Waals surface area contributed by atoms with Gasteiger partial charge in [-0.15, -0.1) is 0 Å². The predicted molar refractivity (Wildman–Crippen MR) is 63.7 cm³/mol. The van der Waals surface area contributed by atoms with Gasteiger partial charge < -0.3 is 10.2 Å². The van der Waals surface area contributed by atoms with E-state index >= 15 is 0 Å². The van der Waals surface area contributed by atoms with E-state index in [2.05, 4.69) is 0 Å². The zero-order chi connectivity index (χ0) is 11.5. The molecule has 3 heteroatoms. The highest BCUT2D eigenvalue weighted by atomic mass is 16.3. The minimum absolute atomic E-state index is 0.278. The van der Waals surface area contributed by atoms with Gasteiger partial charge in [0.05, 0.1) is 0 Å². The Balaban J connectivity index is 3.05. The third-order valence-electron chi connectivity index (χ3n) is 2.72. The molecule has 0 heterocycles. The van der Waals surface area contributed by atoms with E-state index in [9.17, 15) is 5.11 Å². The summed E-state index contributed by atoms with van der Waals surface area (Å²) in [5.74, 6) is 0. The smallest absolute Gasteiger partial charge is 0.106 e. The van der Waals surface area contributed by atoms with Crippen molar-refractivity contribution in [3.8, 4) is 0 Å². The van der Waals surface area contributed by atoms with Crippen LogP contribution in [0, 0.1) is 0 Å². The van der Waals surface area contributed by atoms with Crippen molar-refractivity contribution in [2.45, 2.75) is 57.6 Å². The molecule has 15 heavy (non-hydrogen) atoms. The molecule has 0 bridgehead atoms. The Bertz CT molecular complexity index is 129. The SMILES string of the molecule is CN(C)C(O)CCCCCCCCCO. The molecule has 0 aliphatic heterocycles. The van der Waals surface area contributed by atoms with Gasteiger partial charge in [0, 0.05) is 6.61 Å². The molecule has 0 rings (SSSR count). The third-order valence-corrected chi connectivity index (χ3v) is 2.72. The molecule has 0 aliphatic carbocycles. The number of hydrogen-bond acceptors (Lipinski definition) is 3. The second kappa shape index (κ2) is 10.4. The summed E-state index contributed by atoms with van der Waals surface area (Å²) in [6.45, 7) is 0.328. The Morgan fingerprint density at radius 3 is 1.80 bits per heavy atom. The summed E-state index contributed by atoms with van der Waals surface area (Å²) in [5.41, 5.74) is 0. The summed E-state index contributed by atoms with van der Waals surface area (Å²) in [4.78, 5) is 1.85. The van der Waals surface area contributed by atoms with Crippen molar-refractivity contribution >= 4 is 0 Å². The zero-order valence-electron chi connectivity index (χ0n) is 10.3. The maximum absolute atomic E-state index is 9.50. The first-order chi connectivity index (χ1) is 7.18. The van der Waals surface area contributed by atoms with Crippen LogP contribution in [0.2, 0.25) is 0 Å². The first-order valence-electron chi connectivity index (χ1n) is 6.14. The number of unbranched alkanes of at least 4 members (excludes halogenated alkanes) is 6. The van der Waals surface area contributed by atoms with Crippen molar-refractivity contribution in [2.75, 3.05) is 20.7 Å². The van der Waals surface area contributed by atoms with Crippen LogP contribution in [0.25, 0.3) is 0 Å². The highest BCUT2D eigenvalue weighted by Gasteiger charge is 2.04. The van der Waals surface area contributed by atoms with E-state index in [1.807, 2.05) is 19.0 Å². The van der Waals surface area contributed by atoms with Gasteiger partial charge in [-0.05, 0) is 33.4 Å². The van der Waals surface area contributed by atoms with E-state index in [1.165, 1.54) is 25.7 Å². The molecule has 1 unspecified atom stereocenters. The number of aliphatic hydroxyl groups excluding tert-OH is 2. The van der Waals surface area contributed by atoms with E-state index in [1.54, 1.807) is 0 Å². The van der Waals surface area contributed by atoms with Gasteiger partial charge in [-0.3, -0.25) is 4.90 Å². The molecule has 0 aromatic carbocycles. The van der Waals surface area contributed by atoms with E-state index in [0.29, 0.717) is 6.61 Å². The number of nitrogens with zero attached hydrogens (tertiary/aromatic N) is 1. The molecule has 0 amide bonds. The Morgan fingerprint density at radius 2 is 1.33 bits per heavy atom. The maximum atomic E-state index is 9.50. The third kappa shape index (κ3) is 10.2. The Labute approximate surface area is 94.1 Å². The molecule has 0 saturated carbocycles. The normalized spacial score (nSPS) is 13.4. The Hall–Kier alpha value is -0.120. The van der Waals surface area contributed by atoms with Crippen molar-refractivity contribution in [3.05, 3.63) is 0 Å². The summed E-state index contributed by atoms with van der Waals surface area (Å²) in [6.07, 6.45) is 8.77. The second-order valence-corrected chi connectivity index (χ2v) is 4.43. The van der Waals surface area contributed by atoms with Gasteiger partial charge in [0.2, 0.25) is 0 Å². The minimum Gasteiger partial charge on any atom is -0.396 e. The van der Waals surface area contributed by atoms with Gasteiger partial charge in [0.1, 0.15) is 6.23 Å². The predicted octanol–water partition coefficient (Wildman–Crippen LogP) is 1.98. The van der Waals surface area contributed by atoms with E-state index in [0.717, 1.165) is 25.7 Å². The molecule has 0 aromatic heterocycles. The molecule has 3 nitrogen and oxygen atoms in total. The van der Waals surface area contributed by atoms with Crippen molar-refractivity contribution in [2.24, 2.45) is 0 Å². The van der Waals surface area contributed by atoms with Crippen molar-refractivity contribution in [1.82, 2.24) is 4.90 Å². The number of aliphatic hydroxyl groups is 2. The summed E-state index contributed by atoms with van der Waals surface area (Å²) in [7, 11) is 3.80. The van der Waals surface area contributed by atoms with Crippen LogP contribution in [0.4, 0.5) is 0 Å². The van der Waals surface area contributed by atoms with Crippen LogP contribution < -0.4 is 0 Å². The van der Waals surface area contributed by atoms with Crippen LogP contribution in [0.5, 0.6) is 0 Å². The highest BCUT2D eigenvalue weighted by molar-refractivity contribution is 4.53. The van der Waals surface area contributed by atoms with Crippen LogP contribution in [-0.4, -0.2) is 42.0 Å². The summed E-state index contributed by atoms with van der Waals surface area (Å²) in [6, 6.07) is 0. The molecule has 1 atom stereocenters. The zero-order valence-corrected chi connectivity index (χ0v) is 10.3. The van der Waals surface area contributed by atoms with E-state index < -0.39 is 0 Å². The topological polar surface area (TPSA) is 43.7 Å². The van der Waals surface area contributed by atoms with Crippen LogP contribution in [0.15, 0.2) is 0 Å². The largest absolute Gasteiger partial charge is 0.396 e. The van der Waals surface area contributed by atoms with Crippen LogP contribution >= 0.6 is 0 Å². The molecule has 0 fully saturated rings. The average molecular weight is 217 g/mol. The van der Waals surface area contributed by atoms with Gasteiger partial charge in [-0.25, -0.2) is 0 Å². The highest BCUT2D eigenvalue weighted by Crippen LogP contribution is 2.10. The van der Waals surface area contributed by atoms with Gasteiger partial charge in [0.15, 0.2) is 0 Å². The second-order valence-electron chi connectivity index (χ2n) is 4.43. The number of hydrogen-bond donors (Lipinski definition) is 2. The molecule has 0 aliphatic rings. The van der Waals surface area contributed by atoms with E-state index in [4.69, 9.17) is 5.11 Å². The van der Waals surface area contributed by atoms with E-state index in [-0.39, 0.29) is 6.23 Å². The molecule has 92 valence electrons. The summed E-state index contributed by atoms with van der Waals surface area (Å²) in [5, 5.41) is 18.1. The molecule has 0 saturated heterocycles. The molecule has 0 aromatic rings. The van der Waals surface area contributed by atoms with Crippen LogP contribution in [-0.2, 0) is 0 Å². The quantitative estimate of drug-likeness (QED) is 0.434. The monoisotopic (exact) mass is 217 g/mol. The minimum atomic E-state index is -0.278. The van der Waals surface area contributed by atoms with Crippen molar-refractivity contribution in [3.63, 3.8) is 0 Å². The fourth-order valence-corrected chi connectivity index (χ4v) is 1.58. The first kappa shape index (κ1) is 14.9. The summed E-state index contributed by atoms with van der Waals surface area (Å²) >= 11 is 0. The van der Waals surface area contributed by atoms with Gasteiger partial charge >= 0.3 is 0 Å². The molecule has 2 N–H and O–H groups in total. The molecular weight excluding hydrogens is 190 g/mol. The lowest BCUT2D eigenvalue weighted by atomic mass is 10.1. The fraction of sp³-hybridized carbons (Fsp3) is 1.00. The molecule has 0 radical (unpaired) electrons. The van der Waals surface area contributed by atoms with Crippen molar-refractivity contribution < 1.29 is 10.2 Å². The Morgan fingerprint density at radius 1 is 0.867 bits per heavy atom. The van der Waals surface area contributed by atoms with Gasteiger partial charge in [-0.2, -0.15) is 0 Å². The molecular formula is C12H27NO2. The first-order valence-corrected chi connectivity index (χ1v) is 6.14. The Kier molecular flexibility index (Phi) is 10.3. The average Bonchev–Trinajstić information content (AvgIpc) is 2.21. The van der Waals surface area contributed by atoms with Gasteiger partial charge in [0.25, 0.3) is 0 Å². The lowest BCUT2D eigenvalue weighted by Gasteiger charge is -2.17. The summed E-state index contributed by atoms with van der Waals surface area (Å²) < 4.78 is 0. The van der Waals surface area contributed by atoms with Gasteiger partial charge in [-0.1, -0.05) is 32.1 Å². The van der Waals surface area contributed by atoms with Crippen LogP contribution in [0.3, 0.4) is 0 Å². The standard InChI is InChI=1S/C12H27NO2/c1-13(2)12(15)10-8-6-4-3-5-7-9-11-14/h12,14-15H,3-11H2,1-2H3. The fourth-order valence-electron chi connectivity index (χ4n) is 1.58.